The summed E-state index contributed by atoms with van der Waals surface area (Å²) in [5.41, 5.74) is 7.32. The van der Waals surface area contributed by atoms with Gasteiger partial charge in [0.15, 0.2) is 11.6 Å². The van der Waals surface area contributed by atoms with Gasteiger partial charge in [0.05, 0.1) is 0 Å². The standard InChI is InChI=1S/C11H14O.C8H8O.C3H6.CH5N/c1-3-6-10-7-4-5-8-11(10)9(2)12;1-7(9)8-5-3-2-4-6-8;1-3-2;1-2/h4-5,7-8H,3,6H2,1-2H3;2-6H,1H3;3H,1H2,2H3;2H2,1H3. The monoisotopic (exact) mass is 355 g/mol. The first-order chi connectivity index (χ1) is 12.5. The van der Waals surface area contributed by atoms with Crippen LogP contribution >= 0.6 is 0 Å². The number of nitrogens with two attached hydrogens (primary N) is 1. The van der Waals surface area contributed by atoms with E-state index in [0.29, 0.717) is 0 Å². The van der Waals surface area contributed by atoms with Gasteiger partial charge in [-0.1, -0.05) is 74.0 Å². The van der Waals surface area contributed by atoms with E-state index in [1.165, 1.54) is 12.6 Å². The lowest BCUT2D eigenvalue weighted by atomic mass is 10.0. The molecule has 3 nitrogen and oxygen atoms in total. The van der Waals surface area contributed by atoms with Crippen molar-refractivity contribution in [3.63, 3.8) is 0 Å². The fraction of sp³-hybridized carbons (Fsp3) is 0.304. The molecule has 0 amide bonds. The van der Waals surface area contributed by atoms with Gasteiger partial charge < -0.3 is 5.73 Å². The maximum Gasteiger partial charge on any atom is 0.160 e. The maximum atomic E-state index is 11.1. The molecular weight excluding hydrogens is 322 g/mol. The average molecular weight is 356 g/mol. The lowest BCUT2D eigenvalue weighted by Crippen LogP contribution is -1.98. The van der Waals surface area contributed by atoms with Crippen LogP contribution in [0.25, 0.3) is 0 Å². The van der Waals surface area contributed by atoms with E-state index in [1.54, 1.807) is 19.9 Å². The minimum absolute atomic E-state index is 0.121. The predicted molar refractivity (Wildman–Crippen MR) is 113 cm³/mol. The highest BCUT2D eigenvalue weighted by Crippen LogP contribution is 2.11. The van der Waals surface area contributed by atoms with E-state index in [2.05, 4.69) is 19.2 Å². The Labute approximate surface area is 158 Å². The number of hydrogen-bond acceptors (Lipinski definition) is 3. The lowest BCUT2D eigenvalue weighted by molar-refractivity contribution is 0.100. The molecule has 0 atom stereocenters. The van der Waals surface area contributed by atoms with Crippen molar-refractivity contribution in [2.45, 2.75) is 40.5 Å². The first kappa shape index (κ1) is 25.7. The van der Waals surface area contributed by atoms with Crippen molar-refractivity contribution in [3.8, 4) is 0 Å². The van der Waals surface area contributed by atoms with E-state index in [9.17, 15) is 9.59 Å². The van der Waals surface area contributed by atoms with Crippen LogP contribution in [0.1, 0.15) is 60.4 Å². The number of benzene rings is 2. The molecule has 0 heterocycles. The lowest BCUT2D eigenvalue weighted by Gasteiger charge is -2.03. The Bertz CT molecular complexity index is 634. The summed E-state index contributed by atoms with van der Waals surface area (Å²) in [6.45, 7) is 10.6. The zero-order valence-electron chi connectivity index (χ0n) is 16.8. The summed E-state index contributed by atoms with van der Waals surface area (Å²) in [5, 5.41) is 0. The summed E-state index contributed by atoms with van der Waals surface area (Å²) in [5.74, 6) is 0.287. The molecule has 0 spiro atoms. The number of ketones is 2. The van der Waals surface area contributed by atoms with E-state index in [1.807, 2.05) is 61.5 Å². The summed E-state index contributed by atoms with van der Waals surface area (Å²) in [6.07, 6.45) is 3.83. The van der Waals surface area contributed by atoms with Crippen molar-refractivity contribution < 1.29 is 9.59 Å². The molecule has 0 bridgehead atoms. The van der Waals surface area contributed by atoms with Gasteiger partial charge in [0.1, 0.15) is 0 Å². The third kappa shape index (κ3) is 11.9. The van der Waals surface area contributed by atoms with E-state index in [4.69, 9.17) is 0 Å². The maximum absolute atomic E-state index is 11.1. The Kier molecular flexibility index (Phi) is 17.1. The van der Waals surface area contributed by atoms with Crippen molar-refractivity contribution in [1.82, 2.24) is 0 Å². The average Bonchev–Trinajstić information content (AvgIpc) is 2.66. The van der Waals surface area contributed by atoms with E-state index >= 15 is 0 Å². The highest BCUT2D eigenvalue weighted by atomic mass is 16.1. The van der Waals surface area contributed by atoms with Gasteiger partial charge in [0, 0.05) is 11.1 Å². The first-order valence-electron chi connectivity index (χ1n) is 8.77. The minimum atomic E-state index is 0.121. The molecule has 2 aromatic rings. The van der Waals surface area contributed by atoms with Gasteiger partial charge in [0.2, 0.25) is 0 Å². The predicted octanol–water partition coefficient (Wildman–Crippen LogP) is 5.50. The molecule has 0 aliphatic rings. The quantitative estimate of drug-likeness (QED) is 0.582. The zero-order chi connectivity index (χ0) is 20.4. The van der Waals surface area contributed by atoms with Crippen LogP contribution in [0.5, 0.6) is 0 Å². The summed E-state index contributed by atoms with van der Waals surface area (Å²) in [6, 6.07) is 17.0. The molecule has 0 fully saturated rings. The molecule has 142 valence electrons. The number of allylic oxidation sites excluding steroid dienone is 1. The highest BCUT2D eigenvalue weighted by Gasteiger charge is 2.03. The second kappa shape index (κ2) is 17.3. The molecule has 0 saturated carbocycles. The van der Waals surface area contributed by atoms with Crippen LogP contribution in [0.2, 0.25) is 0 Å². The van der Waals surface area contributed by atoms with Crippen LogP contribution in [-0.4, -0.2) is 18.6 Å². The smallest absolute Gasteiger partial charge is 0.160 e. The topological polar surface area (TPSA) is 60.2 Å². The summed E-state index contributed by atoms with van der Waals surface area (Å²) in [7, 11) is 1.50. The molecule has 26 heavy (non-hydrogen) atoms. The van der Waals surface area contributed by atoms with Crippen molar-refractivity contribution in [1.29, 1.82) is 0 Å². The molecule has 2 N–H and O–H groups in total. The van der Waals surface area contributed by atoms with E-state index in [0.717, 1.165) is 24.0 Å². The third-order valence-corrected chi connectivity index (χ3v) is 3.10. The van der Waals surface area contributed by atoms with E-state index in [-0.39, 0.29) is 11.6 Å². The minimum Gasteiger partial charge on any atom is -0.333 e. The molecule has 0 aromatic heterocycles. The largest absolute Gasteiger partial charge is 0.333 e. The molecule has 3 heteroatoms. The number of aryl methyl sites for hydroxylation is 1. The summed E-state index contributed by atoms with van der Waals surface area (Å²) in [4.78, 5) is 21.8. The van der Waals surface area contributed by atoms with Gasteiger partial charge in [-0.25, -0.2) is 0 Å². The van der Waals surface area contributed by atoms with Gasteiger partial charge >= 0.3 is 0 Å². The van der Waals surface area contributed by atoms with Gasteiger partial charge in [-0.2, -0.15) is 0 Å². The number of hydrogen-bond donors (Lipinski definition) is 1. The zero-order valence-corrected chi connectivity index (χ0v) is 16.8. The first-order valence-corrected chi connectivity index (χ1v) is 8.77. The van der Waals surface area contributed by atoms with Crippen molar-refractivity contribution in [3.05, 3.63) is 83.9 Å². The summed E-state index contributed by atoms with van der Waals surface area (Å²) < 4.78 is 0. The molecule has 0 aliphatic carbocycles. The number of carbonyl (C=O) groups excluding carboxylic acids is 2. The van der Waals surface area contributed by atoms with Crippen LogP contribution < -0.4 is 5.73 Å². The van der Waals surface area contributed by atoms with Gasteiger partial charge in [-0.3, -0.25) is 9.59 Å². The van der Waals surface area contributed by atoms with Gasteiger partial charge in [0.25, 0.3) is 0 Å². The third-order valence-electron chi connectivity index (χ3n) is 3.10. The highest BCUT2D eigenvalue weighted by molar-refractivity contribution is 5.95. The summed E-state index contributed by atoms with van der Waals surface area (Å²) >= 11 is 0. The SMILES string of the molecule is C=CC.CC(=O)c1ccccc1.CCCc1ccccc1C(C)=O.CN. The number of carbonyl (C=O) groups is 2. The van der Waals surface area contributed by atoms with Gasteiger partial charge in [-0.15, -0.1) is 6.58 Å². The Morgan fingerprint density at radius 1 is 0.923 bits per heavy atom. The molecule has 2 rings (SSSR count). The molecule has 2 aromatic carbocycles. The van der Waals surface area contributed by atoms with E-state index < -0.39 is 0 Å². The molecule has 0 unspecified atom stereocenters. The number of Topliss-reactive ketones (excluding diaryl/α,β-unsaturated/α-hetero) is 2. The normalized spacial score (nSPS) is 8.38. The number of rotatable bonds is 4. The molecule has 0 radical (unpaired) electrons. The molecular formula is C23H33NO2. The van der Waals surface area contributed by atoms with Gasteiger partial charge in [-0.05, 0) is 39.8 Å². The van der Waals surface area contributed by atoms with Crippen LogP contribution in [0, 0.1) is 0 Å². The van der Waals surface area contributed by atoms with Crippen molar-refractivity contribution in [2.75, 3.05) is 7.05 Å². The Morgan fingerprint density at radius 2 is 1.38 bits per heavy atom. The van der Waals surface area contributed by atoms with Crippen LogP contribution in [-0.2, 0) is 6.42 Å². The van der Waals surface area contributed by atoms with Crippen molar-refractivity contribution >= 4 is 11.6 Å². The Hall–Kier alpha value is -2.52. The van der Waals surface area contributed by atoms with Crippen LogP contribution in [0.4, 0.5) is 0 Å². The molecule has 0 aliphatic heterocycles. The van der Waals surface area contributed by atoms with Crippen LogP contribution in [0.3, 0.4) is 0 Å². The fourth-order valence-electron chi connectivity index (χ4n) is 2.02. The van der Waals surface area contributed by atoms with Crippen LogP contribution in [0.15, 0.2) is 67.3 Å². The Morgan fingerprint density at radius 3 is 1.77 bits per heavy atom. The second-order valence-electron chi connectivity index (χ2n) is 5.29. The fourth-order valence-corrected chi connectivity index (χ4v) is 2.02. The Balaban J connectivity index is 0. The molecule has 0 saturated heterocycles. The second-order valence-corrected chi connectivity index (χ2v) is 5.29. The van der Waals surface area contributed by atoms with Crippen molar-refractivity contribution in [2.24, 2.45) is 5.73 Å².